The number of anilines is 1. The fraction of sp³-hybridized carbons (Fsp3) is 0.556. The van der Waals surface area contributed by atoms with E-state index in [-0.39, 0.29) is 19.0 Å². The Morgan fingerprint density at radius 2 is 1.85 bits per heavy atom. The highest BCUT2D eigenvalue weighted by molar-refractivity contribution is 5.85. The minimum Gasteiger partial charge on any atom is -0.444 e. The average molecular weight is 382 g/mol. The molecule has 0 spiro atoms. The normalized spacial score (nSPS) is 10.8. The third-order valence-corrected chi connectivity index (χ3v) is 3.18. The fourth-order valence-corrected chi connectivity index (χ4v) is 2.11. The average Bonchev–Trinajstić information content (AvgIpc) is 2.52. The molecule has 27 heavy (non-hydrogen) atoms. The van der Waals surface area contributed by atoms with E-state index in [1.165, 1.54) is 6.07 Å². The molecule has 0 aliphatic heterocycles. The topological polar surface area (TPSA) is 117 Å². The van der Waals surface area contributed by atoms with Gasteiger partial charge in [-0.05, 0) is 45.7 Å². The van der Waals surface area contributed by atoms with E-state index in [1.807, 2.05) is 0 Å². The highest BCUT2D eigenvalue weighted by Gasteiger charge is 2.16. The molecule has 9 heteroatoms. The van der Waals surface area contributed by atoms with Crippen molar-refractivity contribution in [2.75, 3.05) is 11.9 Å². The summed E-state index contributed by atoms with van der Waals surface area (Å²) < 4.78 is 10.4. The second-order valence-corrected chi connectivity index (χ2v) is 6.85. The summed E-state index contributed by atoms with van der Waals surface area (Å²) in [7, 11) is 0. The molecule has 0 fully saturated rings. The molecule has 0 bridgehead atoms. The number of nitrogens with one attached hydrogen (secondary N) is 1. The van der Waals surface area contributed by atoms with Gasteiger partial charge in [-0.25, -0.2) is 4.79 Å². The number of carbonyl (C=O) groups excluding carboxylic acids is 2. The van der Waals surface area contributed by atoms with E-state index in [2.05, 4.69) is 10.2 Å². The second-order valence-electron chi connectivity index (χ2n) is 6.85. The molecule has 9 nitrogen and oxygen atoms in total. The van der Waals surface area contributed by atoms with Gasteiger partial charge < -0.3 is 14.3 Å². The number of benzene rings is 1. The molecule has 0 aromatic heterocycles. The molecule has 0 saturated heterocycles. The number of hydrogen-bond donors (Lipinski definition) is 1. The monoisotopic (exact) mass is 382 g/mol. The van der Waals surface area contributed by atoms with Crippen LogP contribution in [0, 0.1) is 10.1 Å². The van der Waals surface area contributed by atoms with Crippen LogP contribution in [-0.2, 0) is 14.4 Å². The molecule has 0 unspecified atom stereocenters. The highest BCUT2D eigenvalue weighted by Crippen LogP contribution is 2.19. The molecule has 150 valence electrons. The summed E-state index contributed by atoms with van der Waals surface area (Å²) in [6, 6.07) is 6.47. The number of amides is 1. The lowest BCUT2D eigenvalue weighted by atomic mass is 10.1. The smallest absolute Gasteiger partial charge is 0.412 e. The summed E-state index contributed by atoms with van der Waals surface area (Å²) in [5.74, 6) is -0.0566. The van der Waals surface area contributed by atoms with E-state index in [0.29, 0.717) is 24.3 Å². The van der Waals surface area contributed by atoms with Crippen molar-refractivity contribution in [1.82, 2.24) is 0 Å². The summed E-state index contributed by atoms with van der Waals surface area (Å²) in [4.78, 5) is 37.8. The molecule has 1 rings (SSSR count). The first-order valence-corrected chi connectivity index (χ1v) is 8.74. The number of rotatable bonds is 10. The van der Waals surface area contributed by atoms with Crippen LogP contribution in [-0.4, -0.2) is 29.4 Å². The maximum absolute atomic E-state index is 11.9. The van der Waals surface area contributed by atoms with Gasteiger partial charge in [0, 0.05) is 18.2 Å². The Balaban J connectivity index is 2.32. The minimum absolute atomic E-state index is 0.0644. The summed E-state index contributed by atoms with van der Waals surface area (Å²) in [6.07, 6.45) is 2.31. The Kier molecular flexibility index (Phi) is 9.04. The van der Waals surface area contributed by atoms with Crippen LogP contribution in [0.2, 0.25) is 0 Å². The maximum atomic E-state index is 11.9. The van der Waals surface area contributed by atoms with E-state index in [1.54, 1.807) is 39.0 Å². The lowest BCUT2D eigenvalue weighted by Crippen LogP contribution is -2.27. The summed E-state index contributed by atoms with van der Waals surface area (Å²) >= 11 is 0. The van der Waals surface area contributed by atoms with Crippen LogP contribution in [0.4, 0.5) is 10.5 Å². The molecule has 0 saturated carbocycles. The Hall–Kier alpha value is -2.84. The molecular formula is C18H26N2O7. The molecule has 0 radical (unpaired) electrons. The van der Waals surface area contributed by atoms with Crippen molar-refractivity contribution in [1.29, 1.82) is 0 Å². The van der Waals surface area contributed by atoms with Gasteiger partial charge in [0.15, 0.2) is 0 Å². The molecule has 0 aliphatic carbocycles. The number of ether oxygens (including phenoxy) is 2. The van der Waals surface area contributed by atoms with Gasteiger partial charge in [0.2, 0.25) is 0 Å². The van der Waals surface area contributed by atoms with E-state index in [9.17, 15) is 19.7 Å². The van der Waals surface area contributed by atoms with E-state index in [0.717, 1.165) is 12.8 Å². The third kappa shape index (κ3) is 11.4. The fourth-order valence-electron chi connectivity index (χ4n) is 2.11. The Bertz CT molecular complexity index is 641. The van der Waals surface area contributed by atoms with E-state index in [4.69, 9.17) is 9.47 Å². The largest absolute Gasteiger partial charge is 0.444 e. The standard InChI is InChI=1S/C18H26N2O7/c1-18(2,3)27-17(22)19-14-9-8-10-15(13-14)26-16(21)11-6-4-5-7-12-25-20(23)24/h8-10,13H,4-7,11-12H2,1-3H3,(H,19,22). The molecule has 0 atom stereocenters. The molecule has 0 heterocycles. The first-order valence-electron chi connectivity index (χ1n) is 8.74. The first kappa shape index (κ1) is 22.2. The molecule has 1 aromatic carbocycles. The third-order valence-electron chi connectivity index (χ3n) is 3.18. The number of unbranched alkanes of at least 4 members (excludes halogenated alkanes) is 3. The van der Waals surface area contributed by atoms with Crippen molar-refractivity contribution in [3.8, 4) is 5.75 Å². The van der Waals surface area contributed by atoms with Crippen LogP contribution < -0.4 is 10.1 Å². The number of nitrogens with zero attached hydrogens (tertiary/aromatic N) is 1. The van der Waals surface area contributed by atoms with Crippen molar-refractivity contribution in [2.24, 2.45) is 0 Å². The van der Waals surface area contributed by atoms with Crippen molar-refractivity contribution in [3.63, 3.8) is 0 Å². The van der Waals surface area contributed by atoms with Crippen molar-refractivity contribution in [2.45, 2.75) is 58.5 Å². The zero-order valence-corrected chi connectivity index (χ0v) is 15.9. The van der Waals surface area contributed by atoms with Crippen LogP contribution in [0.1, 0.15) is 52.9 Å². The predicted molar refractivity (Wildman–Crippen MR) is 98.0 cm³/mol. The molecule has 1 aromatic rings. The van der Waals surface area contributed by atoms with Crippen LogP contribution in [0.15, 0.2) is 24.3 Å². The second kappa shape index (κ2) is 11.0. The van der Waals surface area contributed by atoms with E-state index >= 15 is 0 Å². The van der Waals surface area contributed by atoms with Gasteiger partial charge in [0.1, 0.15) is 11.4 Å². The SMILES string of the molecule is CC(C)(C)OC(=O)Nc1cccc(OC(=O)CCCCCCO[N+](=O)[O-])c1. The maximum Gasteiger partial charge on any atom is 0.412 e. The number of hydrogen-bond acceptors (Lipinski definition) is 7. The Morgan fingerprint density at radius 3 is 2.52 bits per heavy atom. The quantitative estimate of drug-likeness (QED) is 0.213. The highest BCUT2D eigenvalue weighted by atomic mass is 16.9. The van der Waals surface area contributed by atoms with Crippen LogP contribution in [0.25, 0.3) is 0 Å². The van der Waals surface area contributed by atoms with Gasteiger partial charge in [0.25, 0.3) is 5.09 Å². The van der Waals surface area contributed by atoms with Gasteiger partial charge in [0.05, 0.1) is 6.61 Å². The van der Waals surface area contributed by atoms with Gasteiger partial charge in [-0.1, -0.05) is 18.9 Å². The van der Waals surface area contributed by atoms with Crippen LogP contribution in [0.5, 0.6) is 5.75 Å². The van der Waals surface area contributed by atoms with Crippen molar-refractivity contribution in [3.05, 3.63) is 34.4 Å². The first-order chi connectivity index (χ1) is 12.7. The van der Waals surface area contributed by atoms with Crippen molar-refractivity contribution < 1.29 is 29.0 Å². The molecular weight excluding hydrogens is 356 g/mol. The van der Waals surface area contributed by atoms with Crippen molar-refractivity contribution >= 4 is 17.7 Å². The predicted octanol–water partition coefficient (Wildman–Crippen LogP) is 4.10. The number of carbonyl (C=O) groups is 2. The minimum atomic E-state index is -0.816. The lowest BCUT2D eigenvalue weighted by molar-refractivity contribution is -0.757. The Morgan fingerprint density at radius 1 is 1.15 bits per heavy atom. The van der Waals surface area contributed by atoms with Gasteiger partial charge in [-0.15, -0.1) is 10.1 Å². The van der Waals surface area contributed by atoms with Gasteiger partial charge >= 0.3 is 12.1 Å². The number of esters is 1. The summed E-state index contributed by atoms with van der Waals surface area (Å²) in [5, 5.41) is 11.8. The van der Waals surface area contributed by atoms with E-state index < -0.39 is 16.8 Å². The van der Waals surface area contributed by atoms with Crippen LogP contribution >= 0.6 is 0 Å². The summed E-state index contributed by atoms with van der Waals surface area (Å²) in [5.41, 5.74) is -0.149. The lowest BCUT2D eigenvalue weighted by Gasteiger charge is -2.19. The van der Waals surface area contributed by atoms with Gasteiger partial charge in [-0.2, -0.15) is 0 Å². The summed E-state index contributed by atoms with van der Waals surface area (Å²) in [6.45, 7) is 5.36. The molecule has 0 aliphatic rings. The zero-order chi connectivity index (χ0) is 20.3. The zero-order valence-electron chi connectivity index (χ0n) is 15.9. The van der Waals surface area contributed by atoms with Crippen LogP contribution in [0.3, 0.4) is 0 Å². The van der Waals surface area contributed by atoms with Gasteiger partial charge in [-0.3, -0.25) is 10.1 Å². The molecule has 1 N–H and O–H groups in total. The Labute approximate surface area is 158 Å². The molecule has 1 amide bonds.